The zero-order chi connectivity index (χ0) is 6.08. The SMILES string of the molecule is CC(C)C(C)(O)P.F. The normalized spacial score (nSPS) is 17.2. The van der Waals surface area contributed by atoms with Crippen molar-refractivity contribution in [3.8, 4) is 0 Å². The summed E-state index contributed by atoms with van der Waals surface area (Å²) < 4.78 is 0. The lowest BCUT2D eigenvalue weighted by molar-refractivity contribution is 0.106. The van der Waals surface area contributed by atoms with Crippen LogP contribution in [0.3, 0.4) is 0 Å². The van der Waals surface area contributed by atoms with Crippen molar-refractivity contribution in [2.75, 3.05) is 0 Å². The van der Waals surface area contributed by atoms with Gasteiger partial charge in [-0.15, -0.1) is 9.24 Å². The lowest BCUT2D eigenvalue weighted by atomic mass is 10.1. The molecule has 8 heavy (non-hydrogen) atoms. The van der Waals surface area contributed by atoms with E-state index in [9.17, 15) is 0 Å². The van der Waals surface area contributed by atoms with Gasteiger partial charge in [0.25, 0.3) is 0 Å². The number of hydrogen-bond acceptors (Lipinski definition) is 1. The Morgan fingerprint density at radius 3 is 1.62 bits per heavy atom. The first-order valence-corrected chi connectivity index (χ1v) is 3.03. The van der Waals surface area contributed by atoms with Gasteiger partial charge in [0.2, 0.25) is 0 Å². The van der Waals surface area contributed by atoms with E-state index in [0.29, 0.717) is 5.92 Å². The molecular formula is C5H14FOP. The Bertz CT molecular complexity index is 57.9. The third-order valence-electron chi connectivity index (χ3n) is 1.17. The molecule has 0 heterocycles. The van der Waals surface area contributed by atoms with Gasteiger partial charge in [0, 0.05) is 0 Å². The highest BCUT2D eigenvalue weighted by Crippen LogP contribution is 2.22. The van der Waals surface area contributed by atoms with E-state index < -0.39 is 5.34 Å². The smallest absolute Gasteiger partial charge is 0.0773 e. The predicted molar refractivity (Wildman–Crippen MR) is 37.7 cm³/mol. The minimum atomic E-state index is -0.583. The predicted octanol–water partition coefficient (Wildman–Crippen LogP) is 1.38. The monoisotopic (exact) mass is 140 g/mol. The third-order valence-corrected chi connectivity index (χ3v) is 1.84. The van der Waals surface area contributed by atoms with Gasteiger partial charge in [-0.1, -0.05) is 13.8 Å². The Balaban J connectivity index is 0. The van der Waals surface area contributed by atoms with Crippen LogP contribution in [0.25, 0.3) is 0 Å². The maximum atomic E-state index is 9.06. The van der Waals surface area contributed by atoms with Crippen LogP contribution in [-0.4, -0.2) is 10.4 Å². The van der Waals surface area contributed by atoms with Crippen molar-refractivity contribution in [2.45, 2.75) is 26.1 Å². The largest absolute Gasteiger partial charge is 0.386 e. The quantitative estimate of drug-likeness (QED) is 0.545. The number of halogens is 1. The molecule has 0 aromatic carbocycles. The highest BCUT2D eigenvalue weighted by Gasteiger charge is 2.16. The minimum absolute atomic E-state index is 0. The van der Waals surface area contributed by atoms with E-state index in [1.165, 1.54) is 0 Å². The van der Waals surface area contributed by atoms with Crippen LogP contribution in [0.5, 0.6) is 0 Å². The fourth-order valence-electron chi connectivity index (χ4n) is 0. The summed E-state index contributed by atoms with van der Waals surface area (Å²) in [6.45, 7) is 5.74. The molecule has 0 saturated heterocycles. The second-order valence-corrected chi connectivity index (χ2v) is 3.55. The average molecular weight is 140 g/mol. The number of rotatable bonds is 1. The van der Waals surface area contributed by atoms with Gasteiger partial charge in [-0.3, -0.25) is 4.70 Å². The van der Waals surface area contributed by atoms with Crippen LogP contribution in [0.1, 0.15) is 20.8 Å². The molecule has 0 bridgehead atoms. The Labute approximate surface area is 52.1 Å². The minimum Gasteiger partial charge on any atom is -0.386 e. The molecule has 3 heteroatoms. The first kappa shape index (κ1) is 11.2. The van der Waals surface area contributed by atoms with Crippen molar-refractivity contribution in [1.82, 2.24) is 0 Å². The molecule has 0 aromatic heterocycles. The van der Waals surface area contributed by atoms with Crippen molar-refractivity contribution in [3.05, 3.63) is 0 Å². The molecular weight excluding hydrogens is 126 g/mol. The summed E-state index contributed by atoms with van der Waals surface area (Å²) in [5.41, 5.74) is 0. The van der Waals surface area contributed by atoms with Crippen molar-refractivity contribution in [3.63, 3.8) is 0 Å². The highest BCUT2D eigenvalue weighted by molar-refractivity contribution is 7.18. The second kappa shape index (κ2) is 3.37. The van der Waals surface area contributed by atoms with Gasteiger partial charge in [-0.05, 0) is 12.8 Å². The van der Waals surface area contributed by atoms with Gasteiger partial charge in [0.1, 0.15) is 0 Å². The lowest BCUT2D eigenvalue weighted by Crippen LogP contribution is -2.21. The van der Waals surface area contributed by atoms with Crippen molar-refractivity contribution < 1.29 is 9.81 Å². The molecule has 1 nitrogen and oxygen atoms in total. The molecule has 2 atom stereocenters. The zero-order valence-electron chi connectivity index (χ0n) is 5.51. The maximum Gasteiger partial charge on any atom is 0.0773 e. The van der Waals surface area contributed by atoms with E-state index in [0.717, 1.165) is 0 Å². The van der Waals surface area contributed by atoms with Crippen LogP contribution in [-0.2, 0) is 0 Å². The van der Waals surface area contributed by atoms with Crippen LogP contribution in [0.2, 0.25) is 0 Å². The first-order valence-electron chi connectivity index (χ1n) is 2.46. The van der Waals surface area contributed by atoms with Crippen LogP contribution in [0.4, 0.5) is 4.70 Å². The fraction of sp³-hybridized carbons (Fsp3) is 1.00. The Morgan fingerprint density at radius 1 is 1.50 bits per heavy atom. The summed E-state index contributed by atoms with van der Waals surface area (Å²) >= 11 is 0. The molecule has 0 amide bonds. The molecule has 0 saturated carbocycles. The average Bonchev–Trinajstić information content (AvgIpc) is 1.31. The maximum absolute atomic E-state index is 9.06. The topological polar surface area (TPSA) is 20.2 Å². The summed E-state index contributed by atoms with van der Waals surface area (Å²) in [7, 11) is 2.39. The van der Waals surface area contributed by atoms with Gasteiger partial charge in [0.15, 0.2) is 0 Å². The zero-order valence-corrected chi connectivity index (χ0v) is 6.66. The van der Waals surface area contributed by atoms with Crippen LogP contribution in [0, 0.1) is 5.92 Å². The molecule has 0 radical (unpaired) electrons. The molecule has 0 aliphatic heterocycles. The van der Waals surface area contributed by atoms with Crippen LogP contribution in [0.15, 0.2) is 0 Å². The molecule has 0 aliphatic carbocycles. The van der Waals surface area contributed by atoms with E-state index in [4.69, 9.17) is 5.11 Å². The molecule has 52 valence electrons. The summed E-state index contributed by atoms with van der Waals surface area (Å²) in [5, 5.41) is 8.47. The molecule has 0 fully saturated rings. The van der Waals surface area contributed by atoms with E-state index in [-0.39, 0.29) is 4.70 Å². The number of hydrogen-bond donors (Lipinski definition) is 1. The van der Waals surface area contributed by atoms with Gasteiger partial charge in [0.05, 0.1) is 5.34 Å². The molecule has 2 unspecified atom stereocenters. The summed E-state index contributed by atoms with van der Waals surface area (Å²) in [4.78, 5) is 0. The standard InChI is InChI=1S/C5H13OP.FH/c1-4(2)5(3,6)7;/h4,6H,7H2,1-3H3;1H. The number of aliphatic hydroxyl groups is 1. The van der Waals surface area contributed by atoms with Gasteiger partial charge in [-0.25, -0.2) is 0 Å². The Kier molecular flexibility index (Phi) is 4.70. The van der Waals surface area contributed by atoms with Gasteiger partial charge >= 0.3 is 0 Å². The van der Waals surface area contributed by atoms with Gasteiger partial charge in [-0.2, -0.15) is 0 Å². The summed E-state index contributed by atoms with van der Waals surface area (Å²) in [6.07, 6.45) is 0. The second-order valence-electron chi connectivity index (χ2n) is 2.38. The molecule has 0 spiro atoms. The molecule has 0 rings (SSSR count). The third kappa shape index (κ3) is 4.48. The van der Waals surface area contributed by atoms with E-state index in [2.05, 4.69) is 9.24 Å². The lowest BCUT2D eigenvalue weighted by Gasteiger charge is -2.20. The van der Waals surface area contributed by atoms with E-state index in [1.54, 1.807) is 6.92 Å². The van der Waals surface area contributed by atoms with Crippen LogP contribution < -0.4 is 0 Å². The Morgan fingerprint density at radius 2 is 1.62 bits per heavy atom. The first-order chi connectivity index (χ1) is 2.94. The van der Waals surface area contributed by atoms with Crippen molar-refractivity contribution in [1.29, 1.82) is 0 Å². The van der Waals surface area contributed by atoms with E-state index >= 15 is 0 Å². The highest BCUT2D eigenvalue weighted by atomic mass is 31.0. The van der Waals surface area contributed by atoms with Gasteiger partial charge < -0.3 is 5.11 Å². The van der Waals surface area contributed by atoms with Crippen LogP contribution >= 0.6 is 9.24 Å². The summed E-state index contributed by atoms with van der Waals surface area (Å²) in [6, 6.07) is 0. The molecule has 1 N–H and O–H groups in total. The Hall–Kier alpha value is 0.320. The van der Waals surface area contributed by atoms with Crippen molar-refractivity contribution >= 4 is 9.24 Å². The van der Waals surface area contributed by atoms with Crippen molar-refractivity contribution in [2.24, 2.45) is 5.92 Å². The fourth-order valence-corrected chi connectivity index (χ4v) is 0. The van der Waals surface area contributed by atoms with E-state index in [1.807, 2.05) is 13.8 Å². The molecule has 0 aliphatic rings. The molecule has 0 aromatic rings. The summed E-state index contributed by atoms with van der Waals surface area (Å²) in [5.74, 6) is 0.317.